The third-order valence-corrected chi connectivity index (χ3v) is 5.90. The van der Waals surface area contributed by atoms with E-state index >= 15 is 0 Å². The Labute approximate surface area is 164 Å². The monoisotopic (exact) mass is 423 g/mol. The molecular formula is C18H15F2N3O3S2. The molecule has 1 amide bonds. The minimum atomic E-state index is -3.88. The van der Waals surface area contributed by atoms with Crippen LogP contribution in [0.2, 0.25) is 0 Å². The topological polar surface area (TPSA) is 88.2 Å². The summed E-state index contributed by atoms with van der Waals surface area (Å²) in [5.41, 5.74) is 0.896. The summed E-state index contributed by atoms with van der Waals surface area (Å²) in [4.78, 5) is 16.0. The van der Waals surface area contributed by atoms with Gasteiger partial charge in [0.2, 0.25) is 5.91 Å². The zero-order valence-electron chi connectivity index (χ0n) is 14.4. The van der Waals surface area contributed by atoms with E-state index < -0.39 is 21.7 Å². The number of thiazole rings is 1. The Morgan fingerprint density at radius 3 is 2.54 bits per heavy atom. The smallest absolute Gasteiger partial charge is 0.263 e. The second-order valence-electron chi connectivity index (χ2n) is 5.76. The lowest BCUT2D eigenvalue weighted by atomic mass is 10.2. The third kappa shape index (κ3) is 5.33. The van der Waals surface area contributed by atoms with Gasteiger partial charge in [-0.15, -0.1) is 11.3 Å². The highest BCUT2D eigenvalue weighted by molar-refractivity contribution is 7.93. The first-order valence-corrected chi connectivity index (χ1v) is 10.5. The van der Waals surface area contributed by atoms with E-state index in [0.29, 0.717) is 11.4 Å². The molecule has 0 aliphatic heterocycles. The Morgan fingerprint density at radius 2 is 1.82 bits per heavy atom. The fourth-order valence-corrected chi connectivity index (χ4v) is 4.29. The van der Waals surface area contributed by atoms with Crippen LogP contribution in [0.1, 0.15) is 12.1 Å². The largest absolute Gasteiger partial charge is 0.326 e. The van der Waals surface area contributed by atoms with Crippen LogP contribution in [0.5, 0.6) is 0 Å². The Balaban J connectivity index is 1.56. The van der Waals surface area contributed by atoms with Crippen LogP contribution in [0.25, 0.3) is 0 Å². The summed E-state index contributed by atoms with van der Waals surface area (Å²) in [6.07, 6.45) is 0.389. The first-order valence-electron chi connectivity index (χ1n) is 8.10. The van der Waals surface area contributed by atoms with Crippen molar-refractivity contribution in [1.82, 2.24) is 4.98 Å². The van der Waals surface area contributed by atoms with Gasteiger partial charge in [0.05, 0.1) is 10.6 Å². The Bertz CT molecular complexity index is 1080. The predicted molar refractivity (Wildman–Crippen MR) is 103 cm³/mol. The van der Waals surface area contributed by atoms with Crippen molar-refractivity contribution >= 4 is 38.1 Å². The number of nitrogens with zero attached hydrogens (tertiary/aromatic N) is 1. The van der Waals surface area contributed by atoms with Crippen molar-refractivity contribution in [3.63, 3.8) is 0 Å². The number of amides is 1. The number of rotatable bonds is 7. The SMILES string of the molecule is O=C(CCc1csc(NS(=O)(=O)c2ccc(F)cc2)n1)Nc1cccc(F)c1. The number of anilines is 2. The van der Waals surface area contributed by atoms with Gasteiger partial charge in [-0.2, -0.15) is 0 Å². The van der Waals surface area contributed by atoms with Gasteiger partial charge in [-0.25, -0.2) is 22.2 Å². The van der Waals surface area contributed by atoms with Gasteiger partial charge in [-0.1, -0.05) is 6.07 Å². The molecule has 0 saturated carbocycles. The van der Waals surface area contributed by atoms with Crippen molar-refractivity contribution in [3.05, 3.63) is 71.2 Å². The maximum Gasteiger partial charge on any atom is 0.263 e. The molecule has 0 aliphatic rings. The summed E-state index contributed by atoms with van der Waals surface area (Å²) in [7, 11) is -3.88. The van der Waals surface area contributed by atoms with Crippen molar-refractivity contribution in [1.29, 1.82) is 0 Å². The van der Waals surface area contributed by atoms with Crippen LogP contribution in [0, 0.1) is 11.6 Å². The molecule has 2 aromatic carbocycles. The molecule has 0 radical (unpaired) electrons. The van der Waals surface area contributed by atoms with E-state index in [1.54, 1.807) is 11.4 Å². The highest BCUT2D eigenvalue weighted by atomic mass is 32.2. The molecule has 0 aliphatic carbocycles. The number of carbonyl (C=O) groups is 1. The fourth-order valence-electron chi connectivity index (χ4n) is 2.29. The first kappa shape index (κ1) is 19.9. The average Bonchev–Trinajstić information content (AvgIpc) is 3.07. The summed E-state index contributed by atoms with van der Waals surface area (Å²) in [5.74, 6) is -1.30. The van der Waals surface area contributed by atoms with Gasteiger partial charge in [0, 0.05) is 17.5 Å². The van der Waals surface area contributed by atoms with Crippen molar-refractivity contribution in [2.45, 2.75) is 17.7 Å². The van der Waals surface area contributed by atoms with Crippen molar-refractivity contribution < 1.29 is 22.0 Å². The highest BCUT2D eigenvalue weighted by Crippen LogP contribution is 2.21. The lowest BCUT2D eigenvalue weighted by molar-refractivity contribution is -0.116. The number of hydrogen-bond acceptors (Lipinski definition) is 5. The second kappa shape index (κ2) is 8.44. The third-order valence-electron chi connectivity index (χ3n) is 3.61. The van der Waals surface area contributed by atoms with Crippen LogP contribution in [0.15, 0.2) is 58.8 Å². The van der Waals surface area contributed by atoms with E-state index in [-0.39, 0.29) is 28.8 Å². The summed E-state index contributed by atoms with van der Waals surface area (Å²) in [5, 5.41) is 4.36. The predicted octanol–water partition coefficient (Wildman–Crippen LogP) is 3.79. The number of aromatic nitrogens is 1. The van der Waals surface area contributed by atoms with Crippen molar-refractivity contribution in [2.75, 3.05) is 10.0 Å². The van der Waals surface area contributed by atoms with Gasteiger partial charge >= 0.3 is 0 Å². The molecule has 0 atom stereocenters. The number of aryl methyl sites for hydroxylation is 1. The molecule has 2 N–H and O–H groups in total. The molecule has 0 spiro atoms. The number of sulfonamides is 1. The lowest BCUT2D eigenvalue weighted by Crippen LogP contribution is -2.13. The van der Waals surface area contributed by atoms with E-state index in [2.05, 4.69) is 15.0 Å². The van der Waals surface area contributed by atoms with Crippen LogP contribution in [0.4, 0.5) is 19.6 Å². The minimum Gasteiger partial charge on any atom is -0.326 e. The number of carbonyl (C=O) groups excluding carboxylic acids is 1. The number of hydrogen-bond donors (Lipinski definition) is 2. The Hall–Kier alpha value is -2.85. The normalized spacial score (nSPS) is 11.2. The molecule has 0 fully saturated rings. The number of benzene rings is 2. The molecular weight excluding hydrogens is 408 g/mol. The molecule has 0 unspecified atom stereocenters. The maximum atomic E-state index is 13.1. The molecule has 28 heavy (non-hydrogen) atoms. The quantitative estimate of drug-likeness (QED) is 0.605. The molecule has 1 heterocycles. The second-order valence-corrected chi connectivity index (χ2v) is 8.30. The maximum absolute atomic E-state index is 13.1. The minimum absolute atomic E-state index is 0.0832. The molecule has 0 bridgehead atoms. The summed E-state index contributed by atoms with van der Waals surface area (Å²) in [6, 6.07) is 9.98. The molecule has 146 valence electrons. The molecule has 1 aromatic heterocycles. The zero-order chi connectivity index (χ0) is 20.1. The molecule has 0 saturated heterocycles. The van der Waals surface area contributed by atoms with Crippen molar-refractivity contribution in [3.8, 4) is 0 Å². The van der Waals surface area contributed by atoms with Gasteiger partial charge < -0.3 is 5.32 Å². The number of halogens is 2. The van der Waals surface area contributed by atoms with Gasteiger partial charge in [-0.05, 0) is 48.9 Å². The van der Waals surface area contributed by atoms with Crippen LogP contribution >= 0.6 is 11.3 Å². The van der Waals surface area contributed by atoms with E-state index in [9.17, 15) is 22.0 Å². The molecule has 6 nitrogen and oxygen atoms in total. The van der Waals surface area contributed by atoms with Gasteiger partial charge in [0.1, 0.15) is 11.6 Å². The van der Waals surface area contributed by atoms with Crippen LogP contribution in [0.3, 0.4) is 0 Å². The van der Waals surface area contributed by atoms with Crippen LogP contribution in [-0.4, -0.2) is 19.3 Å². The Kier molecular flexibility index (Phi) is 6.00. The number of nitrogens with one attached hydrogen (secondary N) is 2. The van der Waals surface area contributed by atoms with Crippen molar-refractivity contribution in [2.24, 2.45) is 0 Å². The zero-order valence-corrected chi connectivity index (χ0v) is 16.0. The summed E-state index contributed by atoms with van der Waals surface area (Å²) < 4.78 is 52.9. The van der Waals surface area contributed by atoms with Crippen LogP contribution < -0.4 is 10.0 Å². The average molecular weight is 423 g/mol. The van der Waals surface area contributed by atoms with E-state index in [0.717, 1.165) is 35.6 Å². The van der Waals surface area contributed by atoms with Gasteiger partial charge in [0.15, 0.2) is 5.13 Å². The molecule has 3 rings (SSSR count). The first-order chi connectivity index (χ1) is 13.3. The highest BCUT2D eigenvalue weighted by Gasteiger charge is 2.16. The van der Waals surface area contributed by atoms with Gasteiger partial charge in [-0.3, -0.25) is 9.52 Å². The molecule has 3 aromatic rings. The standard InChI is InChI=1S/C18H15F2N3O3S2/c19-12-4-7-16(8-5-12)28(25,26)23-18-22-15(11-27-18)6-9-17(24)21-14-3-1-2-13(20)10-14/h1-5,7-8,10-11H,6,9H2,(H,21,24)(H,22,23). The Morgan fingerprint density at radius 1 is 1.07 bits per heavy atom. The van der Waals surface area contributed by atoms with E-state index in [1.807, 2.05) is 0 Å². The van der Waals surface area contributed by atoms with Crippen LogP contribution in [-0.2, 0) is 21.2 Å². The van der Waals surface area contributed by atoms with E-state index in [4.69, 9.17) is 0 Å². The summed E-state index contributed by atoms with van der Waals surface area (Å²) >= 11 is 1.08. The lowest BCUT2D eigenvalue weighted by Gasteiger charge is -2.05. The van der Waals surface area contributed by atoms with E-state index in [1.165, 1.54) is 18.2 Å². The molecule has 10 heteroatoms. The fraction of sp³-hybridized carbons (Fsp3) is 0.111. The van der Waals surface area contributed by atoms with Gasteiger partial charge in [0.25, 0.3) is 10.0 Å². The summed E-state index contributed by atoms with van der Waals surface area (Å²) in [6.45, 7) is 0.